The van der Waals surface area contributed by atoms with Crippen LogP contribution in [0.2, 0.25) is 0 Å². The number of rotatable bonds is 2. The van der Waals surface area contributed by atoms with Crippen LogP contribution in [-0.2, 0) is 9.53 Å². The van der Waals surface area contributed by atoms with Crippen molar-refractivity contribution in [3.63, 3.8) is 0 Å². The van der Waals surface area contributed by atoms with Gasteiger partial charge in [0.05, 0.1) is 0 Å². The Morgan fingerprint density at radius 1 is 1.19 bits per heavy atom. The fraction of sp³-hybridized carbons (Fsp3) is 0.680. The van der Waals surface area contributed by atoms with Crippen LogP contribution in [0.3, 0.4) is 0 Å². The largest absolute Gasteiger partial charge is 0.444 e. The Balaban J connectivity index is 1.61. The van der Waals surface area contributed by atoms with Crippen molar-refractivity contribution in [1.82, 2.24) is 9.80 Å². The molecule has 3 aliphatic rings. The lowest BCUT2D eigenvalue weighted by Crippen LogP contribution is -2.69. The molecule has 4 atom stereocenters. The molecule has 4 rings (SSSR count). The van der Waals surface area contributed by atoms with Gasteiger partial charge in [0.1, 0.15) is 11.3 Å². The molecule has 2 heterocycles. The summed E-state index contributed by atoms with van der Waals surface area (Å²) in [6.45, 7) is 9.11. The van der Waals surface area contributed by atoms with E-state index < -0.39 is 16.7 Å². The van der Waals surface area contributed by atoms with Crippen LogP contribution in [0.5, 0.6) is 0 Å². The number of hydrogen-bond acceptors (Lipinski definition) is 4. The monoisotopic (exact) mass is 428 g/mol. The van der Waals surface area contributed by atoms with E-state index in [0.29, 0.717) is 32.5 Å². The minimum Gasteiger partial charge on any atom is -0.444 e. The average molecular weight is 429 g/mol. The van der Waals surface area contributed by atoms with Gasteiger partial charge in [-0.05, 0) is 45.1 Å². The highest BCUT2D eigenvalue weighted by molar-refractivity contribution is 5.80. The SMILES string of the molecule is C[C@H]1CCCC12CN(C(=O)OC(C)(C)C)CCC2(O)N1CC(c2ccccc2)CC1=O. The topological polar surface area (TPSA) is 70.1 Å². The van der Waals surface area contributed by atoms with E-state index >= 15 is 0 Å². The number of nitrogens with zero attached hydrogens (tertiary/aromatic N) is 2. The summed E-state index contributed by atoms with van der Waals surface area (Å²) in [5.74, 6) is 0.322. The van der Waals surface area contributed by atoms with Gasteiger partial charge in [0.2, 0.25) is 5.91 Å². The van der Waals surface area contributed by atoms with Gasteiger partial charge in [0.15, 0.2) is 0 Å². The summed E-state index contributed by atoms with van der Waals surface area (Å²) >= 11 is 0. The van der Waals surface area contributed by atoms with Crippen molar-refractivity contribution in [2.24, 2.45) is 11.3 Å². The van der Waals surface area contributed by atoms with E-state index in [1.807, 2.05) is 39.0 Å². The first-order chi connectivity index (χ1) is 14.6. The molecule has 3 fully saturated rings. The lowest BCUT2D eigenvalue weighted by Gasteiger charge is -2.57. The maximum absolute atomic E-state index is 13.2. The first kappa shape index (κ1) is 22.1. The summed E-state index contributed by atoms with van der Waals surface area (Å²) in [6.07, 6.45) is 3.26. The number of amides is 2. The summed E-state index contributed by atoms with van der Waals surface area (Å²) in [7, 11) is 0. The minimum atomic E-state index is -1.23. The lowest BCUT2D eigenvalue weighted by atomic mass is 9.65. The van der Waals surface area contributed by atoms with Gasteiger partial charge >= 0.3 is 6.09 Å². The van der Waals surface area contributed by atoms with Gasteiger partial charge in [-0.15, -0.1) is 0 Å². The molecule has 6 heteroatoms. The predicted molar refractivity (Wildman–Crippen MR) is 118 cm³/mol. The van der Waals surface area contributed by atoms with E-state index in [4.69, 9.17) is 4.74 Å². The van der Waals surface area contributed by atoms with Crippen LogP contribution >= 0.6 is 0 Å². The summed E-state index contributed by atoms with van der Waals surface area (Å²) in [4.78, 5) is 29.5. The van der Waals surface area contributed by atoms with Gasteiger partial charge in [-0.3, -0.25) is 4.79 Å². The summed E-state index contributed by atoms with van der Waals surface area (Å²) in [5, 5.41) is 12.2. The quantitative estimate of drug-likeness (QED) is 0.769. The molecule has 2 aliphatic heterocycles. The molecule has 0 aromatic heterocycles. The maximum Gasteiger partial charge on any atom is 0.410 e. The zero-order valence-corrected chi connectivity index (χ0v) is 19.3. The van der Waals surface area contributed by atoms with Crippen molar-refractivity contribution >= 4 is 12.0 Å². The summed E-state index contributed by atoms with van der Waals surface area (Å²) < 4.78 is 5.63. The third-order valence-electron chi connectivity index (χ3n) is 7.70. The Morgan fingerprint density at radius 2 is 1.90 bits per heavy atom. The number of piperidine rings is 1. The first-order valence-corrected chi connectivity index (χ1v) is 11.6. The van der Waals surface area contributed by atoms with Gasteiger partial charge < -0.3 is 19.6 Å². The van der Waals surface area contributed by atoms with Crippen molar-refractivity contribution in [3.8, 4) is 0 Å². The number of carbonyl (C=O) groups is 2. The molecule has 170 valence electrons. The van der Waals surface area contributed by atoms with Crippen LogP contribution in [0.1, 0.15) is 71.3 Å². The Morgan fingerprint density at radius 3 is 2.52 bits per heavy atom. The van der Waals surface area contributed by atoms with Crippen LogP contribution in [0.4, 0.5) is 4.79 Å². The lowest BCUT2D eigenvalue weighted by molar-refractivity contribution is -0.228. The van der Waals surface area contributed by atoms with E-state index in [9.17, 15) is 14.7 Å². The Kier molecular flexibility index (Phi) is 5.57. The molecule has 1 aromatic carbocycles. The van der Waals surface area contributed by atoms with Crippen LogP contribution < -0.4 is 0 Å². The normalized spacial score (nSPS) is 33.9. The number of benzene rings is 1. The zero-order valence-electron chi connectivity index (χ0n) is 19.3. The van der Waals surface area contributed by atoms with Crippen LogP contribution in [0.15, 0.2) is 30.3 Å². The summed E-state index contributed by atoms with van der Waals surface area (Å²) in [6, 6.07) is 10.1. The molecule has 1 aromatic rings. The minimum absolute atomic E-state index is 0.0144. The molecular weight excluding hydrogens is 392 g/mol. The van der Waals surface area contributed by atoms with Gasteiger partial charge in [0.25, 0.3) is 0 Å². The van der Waals surface area contributed by atoms with Gasteiger partial charge in [-0.25, -0.2) is 4.79 Å². The van der Waals surface area contributed by atoms with Gasteiger partial charge in [-0.2, -0.15) is 0 Å². The number of hydrogen-bond donors (Lipinski definition) is 1. The molecular formula is C25H36N2O4. The smallest absolute Gasteiger partial charge is 0.410 e. The van der Waals surface area contributed by atoms with Gasteiger partial charge in [-0.1, -0.05) is 43.7 Å². The standard InChI is InChI=1S/C25H36N2O4/c1-18-9-8-12-24(18)17-26(22(29)31-23(2,3)4)14-13-25(24,30)27-16-20(15-21(27)28)19-10-6-5-7-11-19/h5-7,10-11,18,20,30H,8-9,12-17H2,1-4H3/t18-,20?,24?,25?/m0/s1. The Labute approximate surface area is 185 Å². The van der Waals surface area contributed by atoms with Crippen molar-refractivity contribution in [3.05, 3.63) is 35.9 Å². The zero-order chi connectivity index (χ0) is 22.4. The highest BCUT2D eigenvalue weighted by atomic mass is 16.6. The molecule has 1 N–H and O–H groups in total. The summed E-state index contributed by atoms with van der Waals surface area (Å²) in [5.41, 5.74) is -1.18. The molecule has 1 saturated carbocycles. The molecule has 2 saturated heterocycles. The van der Waals surface area contributed by atoms with Crippen molar-refractivity contribution < 1.29 is 19.4 Å². The second kappa shape index (κ2) is 7.80. The Hall–Kier alpha value is -2.08. The molecule has 31 heavy (non-hydrogen) atoms. The highest BCUT2D eigenvalue weighted by Crippen LogP contribution is 2.56. The number of ether oxygens (including phenoxy) is 1. The van der Waals surface area contributed by atoms with Crippen molar-refractivity contribution in [1.29, 1.82) is 0 Å². The van der Waals surface area contributed by atoms with Crippen LogP contribution in [-0.4, -0.2) is 57.9 Å². The molecule has 2 amide bonds. The van der Waals surface area contributed by atoms with Crippen LogP contribution in [0, 0.1) is 11.3 Å². The van der Waals surface area contributed by atoms with Crippen LogP contribution in [0.25, 0.3) is 0 Å². The average Bonchev–Trinajstić information content (AvgIpc) is 3.27. The first-order valence-electron chi connectivity index (χ1n) is 11.6. The third-order valence-corrected chi connectivity index (χ3v) is 7.70. The molecule has 3 unspecified atom stereocenters. The fourth-order valence-electron chi connectivity index (χ4n) is 6.06. The van der Waals surface area contributed by atoms with Crippen molar-refractivity contribution in [2.45, 2.75) is 77.0 Å². The third kappa shape index (κ3) is 3.84. The van der Waals surface area contributed by atoms with E-state index in [1.54, 1.807) is 9.80 Å². The number of carbonyl (C=O) groups excluding carboxylic acids is 2. The second-order valence-electron chi connectivity index (χ2n) is 10.7. The number of aliphatic hydroxyl groups is 1. The molecule has 1 aliphatic carbocycles. The van der Waals surface area contributed by atoms with E-state index in [1.165, 1.54) is 0 Å². The van der Waals surface area contributed by atoms with E-state index in [2.05, 4.69) is 19.1 Å². The maximum atomic E-state index is 13.2. The number of likely N-dealkylation sites (tertiary alicyclic amines) is 2. The predicted octanol–water partition coefficient (Wildman–Crippen LogP) is 4.14. The van der Waals surface area contributed by atoms with E-state index in [-0.39, 0.29) is 23.8 Å². The van der Waals surface area contributed by atoms with Crippen molar-refractivity contribution in [2.75, 3.05) is 19.6 Å². The van der Waals surface area contributed by atoms with E-state index in [0.717, 1.165) is 24.8 Å². The van der Waals surface area contributed by atoms with Gasteiger partial charge in [0, 0.05) is 43.8 Å². The molecule has 0 radical (unpaired) electrons. The molecule has 0 bridgehead atoms. The molecule has 1 spiro atoms. The molecule has 6 nitrogen and oxygen atoms in total. The second-order valence-corrected chi connectivity index (χ2v) is 10.7. The highest BCUT2D eigenvalue weighted by Gasteiger charge is 2.63. The fourth-order valence-corrected chi connectivity index (χ4v) is 6.06. The Bertz CT molecular complexity index is 836.